The summed E-state index contributed by atoms with van der Waals surface area (Å²) in [5.41, 5.74) is 0.128. The Morgan fingerprint density at radius 1 is 1.25 bits per heavy atom. The van der Waals surface area contributed by atoms with Gasteiger partial charge in [0.15, 0.2) is 0 Å². The number of hydrogen-bond donors (Lipinski definition) is 1. The Bertz CT molecular complexity index is 337. The molecule has 0 radical (unpaired) electrons. The van der Waals surface area contributed by atoms with Crippen molar-refractivity contribution >= 4 is 5.91 Å². The molecule has 4 nitrogen and oxygen atoms in total. The Morgan fingerprint density at radius 2 is 2.00 bits per heavy atom. The number of nitrogens with one attached hydrogen (secondary N) is 1. The van der Waals surface area contributed by atoms with E-state index in [-0.39, 0.29) is 29.6 Å². The molecule has 4 heteroatoms. The van der Waals surface area contributed by atoms with E-state index in [0.717, 1.165) is 32.3 Å². The molecule has 20 heavy (non-hydrogen) atoms. The van der Waals surface area contributed by atoms with Crippen molar-refractivity contribution in [2.75, 3.05) is 13.2 Å². The lowest BCUT2D eigenvalue weighted by atomic mass is 9.81. The van der Waals surface area contributed by atoms with Crippen LogP contribution in [0.4, 0.5) is 0 Å². The summed E-state index contributed by atoms with van der Waals surface area (Å²) in [7, 11) is 0. The highest BCUT2D eigenvalue weighted by Crippen LogP contribution is 2.34. The van der Waals surface area contributed by atoms with Crippen LogP contribution in [-0.2, 0) is 14.3 Å². The standard InChI is InChI=1S/C16H29NO3/c1-5-12-6-7-13(20-12)15(18)17-10-11-8-9-19-14(11)16(2,3)4/h11-14H,5-10H2,1-4H3,(H,17,18)/t11-,12?,13?,14+/m1/s1. The molecule has 1 N–H and O–H groups in total. The van der Waals surface area contributed by atoms with Crippen LogP contribution >= 0.6 is 0 Å². The zero-order valence-corrected chi connectivity index (χ0v) is 13.3. The van der Waals surface area contributed by atoms with Gasteiger partial charge in [-0.3, -0.25) is 4.79 Å². The van der Waals surface area contributed by atoms with Crippen molar-refractivity contribution in [1.82, 2.24) is 5.32 Å². The molecule has 0 aliphatic carbocycles. The summed E-state index contributed by atoms with van der Waals surface area (Å²) in [5.74, 6) is 0.475. The number of carbonyl (C=O) groups excluding carboxylic acids is 1. The largest absolute Gasteiger partial charge is 0.377 e. The van der Waals surface area contributed by atoms with Gasteiger partial charge in [0.1, 0.15) is 6.10 Å². The second kappa shape index (κ2) is 6.44. The Kier molecular flexibility index (Phi) is 5.08. The van der Waals surface area contributed by atoms with E-state index >= 15 is 0 Å². The summed E-state index contributed by atoms with van der Waals surface area (Å²) in [5, 5.41) is 3.07. The molecule has 1 amide bonds. The van der Waals surface area contributed by atoms with E-state index in [1.54, 1.807) is 0 Å². The Labute approximate surface area is 122 Å². The molecule has 2 fully saturated rings. The van der Waals surface area contributed by atoms with E-state index in [1.807, 2.05) is 0 Å². The van der Waals surface area contributed by atoms with Crippen molar-refractivity contribution in [3.8, 4) is 0 Å². The van der Waals surface area contributed by atoms with E-state index in [2.05, 4.69) is 33.0 Å². The molecule has 0 aromatic carbocycles. The summed E-state index contributed by atoms with van der Waals surface area (Å²) in [6, 6.07) is 0. The predicted octanol–water partition coefficient (Wildman–Crippen LogP) is 2.51. The Hall–Kier alpha value is -0.610. The first-order valence-electron chi connectivity index (χ1n) is 7.96. The van der Waals surface area contributed by atoms with Gasteiger partial charge >= 0.3 is 0 Å². The van der Waals surface area contributed by atoms with E-state index < -0.39 is 0 Å². The van der Waals surface area contributed by atoms with Gasteiger partial charge in [-0.25, -0.2) is 0 Å². The highest BCUT2D eigenvalue weighted by Gasteiger charge is 2.38. The van der Waals surface area contributed by atoms with Crippen molar-refractivity contribution in [3.05, 3.63) is 0 Å². The van der Waals surface area contributed by atoms with Gasteiger partial charge in [-0.15, -0.1) is 0 Å². The predicted molar refractivity (Wildman–Crippen MR) is 78.5 cm³/mol. The van der Waals surface area contributed by atoms with Crippen LogP contribution in [0.5, 0.6) is 0 Å². The third-order valence-electron chi connectivity index (χ3n) is 4.46. The maximum absolute atomic E-state index is 12.1. The molecule has 2 heterocycles. The van der Waals surface area contributed by atoms with Crippen molar-refractivity contribution in [2.24, 2.45) is 11.3 Å². The summed E-state index contributed by atoms with van der Waals surface area (Å²) in [6.07, 6.45) is 4.14. The molecule has 0 spiro atoms. The maximum atomic E-state index is 12.1. The SMILES string of the molecule is CCC1CCC(C(=O)NC[C@H]2CCO[C@@H]2C(C)(C)C)O1. The molecular formula is C16H29NO3. The van der Waals surface area contributed by atoms with Gasteiger partial charge in [0.2, 0.25) is 5.91 Å². The van der Waals surface area contributed by atoms with Crippen LogP contribution in [0, 0.1) is 11.3 Å². The molecule has 2 aliphatic heterocycles. The third-order valence-corrected chi connectivity index (χ3v) is 4.46. The fraction of sp³-hybridized carbons (Fsp3) is 0.938. The van der Waals surface area contributed by atoms with Gasteiger partial charge in [-0.2, -0.15) is 0 Å². The van der Waals surface area contributed by atoms with Gasteiger partial charge in [0.25, 0.3) is 0 Å². The molecule has 2 unspecified atom stereocenters. The second-order valence-electron chi connectivity index (χ2n) is 7.18. The fourth-order valence-electron chi connectivity index (χ4n) is 3.34. The minimum Gasteiger partial charge on any atom is -0.377 e. The number of carbonyl (C=O) groups is 1. The molecule has 0 saturated carbocycles. The Morgan fingerprint density at radius 3 is 2.60 bits per heavy atom. The number of amides is 1. The van der Waals surface area contributed by atoms with Gasteiger partial charge in [0, 0.05) is 19.1 Å². The second-order valence-corrected chi connectivity index (χ2v) is 7.18. The van der Waals surface area contributed by atoms with Crippen LogP contribution in [-0.4, -0.2) is 37.4 Å². The normalized spacial score (nSPS) is 34.4. The molecule has 2 saturated heterocycles. The van der Waals surface area contributed by atoms with E-state index in [9.17, 15) is 4.79 Å². The van der Waals surface area contributed by atoms with Gasteiger partial charge < -0.3 is 14.8 Å². The van der Waals surface area contributed by atoms with E-state index in [4.69, 9.17) is 9.47 Å². The minimum absolute atomic E-state index is 0.0560. The Balaban J connectivity index is 1.79. The maximum Gasteiger partial charge on any atom is 0.249 e. The van der Waals surface area contributed by atoms with Crippen LogP contribution in [0.25, 0.3) is 0 Å². The number of ether oxygens (including phenoxy) is 2. The van der Waals surface area contributed by atoms with Crippen LogP contribution in [0.3, 0.4) is 0 Å². The minimum atomic E-state index is -0.240. The van der Waals surface area contributed by atoms with E-state index in [0.29, 0.717) is 12.5 Å². The number of hydrogen-bond acceptors (Lipinski definition) is 3. The molecule has 2 rings (SSSR count). The fourth-order valence-corrected chi connectivity index (χ4v) is 3.34. The highest BCUT2D eigenvalue weighted by molar-refractivity contribution is 5.81. The first kappa shape index (κ1) is 15.8. The number of rotatable bonds is 4. The first-order valence-corrected chi connectivity index (χ1v) is 7.96. The molecule has 116 valence electrons. The highest BCUT2D eigenvalue weighted by atomic mass is 16.5. The zero-order valence-electron chi connectivity index (χ0n) is 13.3. The molecule has 2 aliphatic rings. The summed E-state index contributed by atoms with van der Waals surface area (Å²) < 4.78 is 11.6. The summed E-state index contributed by atoms with van der Waals surface area (Å²) >= 11 is 0. The lowest BCUT2D eigenvalue weighted by Gasteiger charge is -2.31. The van der Waals surface area contributed by atoms with Crippen LogP contribution in [0.2, 0.25) is 0 Å². The zero-order chi connectivity index (χ0) is 14.8. The molecule has 0 aromatic rings. The van der Waals surface area contributed by atoms with Gasteiger partial charge in [-0.1, -0.05) is 27.7 Å². The lowest BCUT2D eigenvalue weighted by Crippen LogP contribution is -2.42. The van der Waals surface area contributed by atoms with Gasteiger partial charge in [-0.05, 0) is 31.1 Å². The van der Waals surface area contributed by atoms with Crippen molar-refractivity contribution in [1.29, 1.82) is 0 Å². The van der Waals surface area contributed by atoms with Gasteiger partial charge in [0.05, 0.1) is 12.2 Å². The summed E-state index contributed by atoms with van der Waals surface area (Å²) in [6.45, 7) is 10.2. The summed E-state index contributed by atoms with van der Waals surface area (Å²) in [4.78, 5) is 12.1. The van der Waals surface area contributed by atoms with Crippen LogP contribution in [0.1, 0.15) is 53.4 Å². The van der Waals surface area contributed by atoms with Crippen LogP contribution in [0.15, 0.2) is 0 Å². The first-order chi connectivity index (χ1) is 9.41. The third kappa shape index (κ3) is 3.73. The lowest BCUT2D eigenvalue weighted by molar-refractivity contribution is -0.132. The molecule has 0 bridgehead atoms. The van der Waals surface area contributed by atoms with Crippen molar-refractivity contribution < 1.29 is 14.3 Å². The van der Waals surface area contributed by atoms with Crippen molar-refractivity contribution in [3.63, 3.8) is 0 Å². The average molecular weight is 283 g/mol. The quantitative estimate of drug-likeness (QED) is 0.862. The average Bonchev–Trinajstić information content (AvgIpc) is 3.03. The monoisotopic (exact) mass is 283 g/mol. The topological polar surface area (TPSA) is 47.6 Å². The smallest absolute Gasteiger partial charge is 0.249 e. The van der Waals surface area contributed by atoms with Crippen molar-refractivity contribution in [2.45, 2.75) is 71.7 Å². The molecule has 0 aromatic heterocycles. The molecular weight excluding hydrogens is 254 g/mol. The van der Waals surface area contributed by atoms with Crippen LogP contribution < -0.4 is 5.32 Å². The van der Waals surface area contributed by atoms with E-state index in [1.165, 1.54) is 0 Å². The molecule has 4 atom stereocenters.